The van der Waals surface area contributed by atoms with Crippen LogP contribution in [0.4, 0.5) is 4.79 Å². The average Bonchev–Trinajstić information content (AvgIpc) is 2.71. The Labute approximate surface area is 202 Å². The first-order valence-electron chi connectivity index (χ1n) is 9.02. The van der Waals surface area contributed by atoms with Gasteiger partial charge in [0.1, 0.15) is 0 Å². The van der Waals surface area contributed by atoms with Crippen molar-refractivity contribution in [2.24, 2.45) is 0 Å². The quantitative estimate of drug-likeness (QED) is 0.310. The first kappa shape index (κ1) is 26.0. The number of nitrogens with one attached hydrogen (secondary N) is 1. The zero-order valence-electron chi connectivity index (χ0n) is 16.6. The van der Waals surface area contributed by atoms with E-state index in [1.54, 1.807) is 24.3 Å². The number of aryl methyl sites for hydroxylation is 1. The van der Waals surface area contributed by atoms with Crippen LogP contribution in [0.3, 0.4) is 0 Å². The molecular formula is C21H21ClNNaO6. The number of esters is 1. The number of carboxylic acid groups (broad SMARTS) is 1. The van der Waals surface area contributed by atoms with Gasteiger partial charge in [0.15, 0.2) is 0 Å². The standard InChI is InChI=1S/C21H22ClNO6.Na/c22-17-9-7-16(8-10-17)18(11-12-19(24)25)23-21(27)29-14-28-20(26)13-6-15-4-2-1-3-5-15;/h1-5,7-10,18H,6,11-14H2,(H,23,27)(H,24,25);/q;+1/p-1. The predicted molar refractivity (Wildman–Crippen MR) is 104 cm³/mol. The fraction of sp³-hybridized carbons (Fsp3) is 0.286. The summed E-state index contributed by atoms with van der Waals surface area (Å²) in [5, 5.41) is 13.8. The third-order valence-corrected chi connectivity index (χ3v) is 4.32. The molecule has 0 spiro atoms. The molecule has 0 aliphatic rings. The molecule has 154 valence electrons. The summed E-state index contributed by atoms with van der Waals surface area (Å²) in [5.41, 5.74) is 1.66. The average molecular weight is 442 g/mol. The van der Waals surface area contributed by atoms with Crippen LogP contribution >= 0.6 is 11.6 Å². The van der Waals surface area contributed by atoms with E-state index < -0.39 is 30.9 Å². The first-order valence-corrected chi connectivity index (χ1v) is 9.40. The van der Waals surface area contributed by atoms with Gasteiger partial charge in [0.25, 0.3) is 0 Å². The van der Waals surface area contributed by atoms with Crippen molar-refractivity contribution in [3.05, 3.63) is 70.7 Å². The van der Waals surface area contributed by atoms with Gasteiger partial charge in [0.2, 0.25) is 6.79 Å². The van der Waals surface area contributed by atoms with Crippen LogP contribution in [0.1, 0.15) is 36.4 Å². The Hall–Kier alpha value is -2.06. The van der Waals surface area contributed by atoms with Gasteiger partial charge in [-0.25, -0.2) is 4.79 Å². The number of benzene rings is 2. The molecule has 2 aromatic rings. The molecule has 2 rings (SSSR count). The van der Waals surface area contributed by atoms with Gasteiger partial charge in [-0.1, -0.05) is 54.1 Å². The van der Waals surface area contributed by atoms with Crippen LogP contribution in [0.2, 0.25) is 5.02 Å². The summed E-state index contributed by atoms with van der Waals surface area (Å²) in [6, 6.07) is 15.4. The Morgan fingerprint density at radius 3 is 2.27 bits per heavy atom. The van der Waals surface area contributed by atoms with E-state index in [2.05, 4.69) is 5.32 Å². The molecule has 0 aliphatic carbocycles. The number of hydrogen-bond donors (Lipinski definition) is 1. The monoisotopic (exact) mass is 441 g/mol. The van der Waals surface area contributed by atoms with Gasteiger partial charge in [-0.15, -0.1) is 0 Å². The normalized spacial score (nSPS) is 11.0. The molecular weight excluding hydrogens is 421 g/mol. The van der Waals surface area contributed by atoms with E-state index in [1.807, 2.05) is 30.3 Å². The molecule has 0 radical (unpaired) electrons. The number of hydrogen-bond acceptors (Lipinski definition) is 6. The molecule has 30 heavy (non-hydrogen) atoms. The van der Waals surface area contributed by atoms with Crippen LogP contribution in [0.25, 0.3) is 0 Å². The molecule has 9 heteroatoms. The van der Waals surface area contributed by atoms with Gasteiger partial charge in [0.05, 0.1) is 6.04 Å². The Kier molecular flexibility index (Phi) is 12.2. The molecule has 0 heterocycles. The fourth-order valence-electron chi connectivity index (χ4n) is 2.58. The summed E-state index contributed by atoms with van der Waals surface area (Å²) in [6.07, 6.45) is -0.293. The molecule has 0 saturated heterocycles. The molecule has 1 atom stereocenters. The zero-order valence-corrected chi connectivity index (χ0v) is 19.4. The van der Waals surface area contributed by atoms with E-state index in [0.29, 0.717) is 17.0 Å². The second-order valence-electron chi connectivity index (χ2n) is 6.21. The van der Waals surface area contributed by atoms with E-state index >= 15 is 0 Å². The summed E-state index contributed by atoms with van der Waals surface area (Å²) >= 11 is 5.85. The fourth-order valence-corrected chi connectivity index (χ4v) is 2.70. The van der Waals surface area contributed by atoms with Crippen LogP contribution in [-0.4, -0.2) is 24.8 Å². The van der Waals surface area contributed by atoms with Crippen molar-refractivity contribution in [2.75, 3.05) is 6.79 Å². The zero-order chi connectivity index (χ0) is 21.1. The Balaban J connectivity index is 0.00000450. The first-order chi connectivity index (χ1) is 13.9. The smallest absolute Gasteiger partial charge is 0.550 e. The maximum absolute atomic E-state index is 12.0. The number of alkyl carbamates (subject to hydrolysis) is 1. The Morgan fingerprint density at radius 2 is 1.63 bits per heavy atom. The van der Waals surface area contributed by atoms with Gasteiger partial charge in [-0.3, -0.25) is 4.79 Å². The third-order valence-electron chi connectivity index (χ3n) is 4.07. The van der Waals surface area contributed by atoms with Crippen LogP contribution in [0.15, 0.2) is 54.6 Å². The molecule has 0 bridgehead atoms. The summed E-state index contributed by atoms with van der Waals surface area (Å²) in [6.45, 7) is -0.534. The Morgan fingerprint density at radius 1 is 0.967 bits per heavy atom. The van der Waals surface area contributed by atoms with Crippen LogP contribution in [0, 0.1) is 0 Å². The maximum Gasteiger partial charge on any atom is 1.00 e. The van der Waals surface area contributed by atoms with E-state index in [1.165, 1.54) is 0 Å². The van der Waals surface area contributed by atoms with Crippen LogP contribution in [-0.2, 0) is 25.5 Å². The number of amides is 1. The summed E-state index contributed by atoms with van der Waals surface area (Å²) in [7, 11) is 0. The molecule has 1 unspecified atom stereocenters. The summed E-state index contributed by atoms with van der Waals surface area (Å²) < 4.78 is 9.76. The minimum absolute atomic E-state index is 0. The summed E-state index contributed by atoms with van der Waals surface area (Å²) in [4.78, 5) is 34.5. The number of ether oxygens (including phenoxy) is 2. The third kappa shape index (κ3) is 10.1. The SMILES string of the molecule is O=C([O-])CCC(NC(=O)OCOC(=O)CCc1ccccc1)c1ccc(Cl)cc1.[Na+]. The van der Waals surface area contributed by atoms with Crippen molar-refractivity contribution in [3.8, 4) is 0 Å². The van der Waals surface area contributed by atoms with E-state index in [9.17, 15) is 19.5 Å². The second kappa shape index (κ2) is 14.0. The van der Waals surface area contributed by atoms with Gasteiger partial charge in [-0.05, 0) is 42.5 Å². The summed E-state index contributed by atoms with van der Waals surface area (Å²) in [5.74, 6) is -1.72. The predicted octanol–water partition coefficient (Wildman–Crippen LogP) is -0.225. The van der Waals surface area contributed by atoms with Crippen molar-refractivity contribution in [1.29, 1.82) is 0 Å². The van der Waals surface area contributed by atoms with Gasteiger partial charge >= 0.3 is 41.6 Å². The van der Waals surface area contributed by atoms with E-state index in [-0.39, 0.29) is 48.8 Å². The molecule has 0 saturated carbocycles. The van der Waals surface area contributed by atoms with Crippen LogP contribution in [0.5, 0.6) is 0 Å². The number of rotatable bonds is 10. The van der Waals surface area contributed by atoms with Crippen molar-refractivity contribution in [3.63, 3.8) is 0 Å². The number of aliphatic carboxylic acids is 1. The number of carboxylic acids is 1. The topological polar surface area (TPSA) is 105 Å². The van der Waals surface area contributed by atoms with E-state index in [0.717, 1.165) is 5.56 Å². The van der Waals surface area contributed by atoms with Gasteiger partial charge < -0.3 is 24.7 Å². The van der Waals surface area contributed by atoms with Crippen molar-refractivity contribution in [2.45, 2.75) is 31.7 Å². The molecule has 0 fully saturated rings. The molecule has 7 nitrogen and oxygen atoms in total. The van der Waals surface area contributed by atoms with Crippen LogP contribution < -0.4 is 40.0 Å². The Bertz CT molecular complexity index is 816. The van der Waals surface area contributed by atoms with Gasteiger partial charge in [-0.2, -0.15) is 0 Å². The number of halogens is 1. The molecule has 2 aromatic carbocycles. The largest absolute Gasteiger partial charge is 1.00 e. The number of carbonyl (C=O) groups is 3. The minimum atomic E-state index is -1.23. The van der Waals surface area contributed by atoms with Gasteiger partial charge in [0, 0.05) is 17.4 Å². The van der Waals surface area contributed by atoms with E-state index in [4.69, 9.17) is 21.1 Å². The number of carbonyl (C=O) groups excluding carboxylic acids is 3. The van der Waals surface area contributed by atoms with Crippen molar-refractivity contribution < 1.29 is 58.5 Å². The molecule has 1 N–H and O–H groups in total. The van der Waals surface area contributed by atoms with Crippen molar-refractivity contribution >= 4 is 29.6 Å². The molecule has 1 amide bonds. The maximum atomic E-state index is 12.0. The molecule has 0 aliphatic heterocycles. The minimum Gasteiger partial charge on any atom is -0.550 e. The second-order valence-corrected chi connectivity index (χ2v) is 6.65. The molecule has 0 aromatic heterocycles. The van der Waals surface area contributed by atoms with Crippen molar-refractivity contribution in [1.82, 2.24) is 5.32 Å².